The molecule has 1 aliphatic heterocycles. The van der Waals surface area contributed by atoms with Gasteiger partial charge in [-0.05, 0) is 109 Å². The van der Waals surface area contributed by atoms with Gasteiger partial charge in [-0.1, -0.05) is 50.3 Å². The molecular formula is C42H52F4N4O3. The predicted molar refractivity (Wildman–Crippen MR) is 208 cm³/mol. The zero-order valence-electron chi connectivity index (χ0n) is 31.5. The minimum Gasteiger partial charge on any atom is -0.489 e. The number of nitrogens with zero attached hydrogens (tertiary/aromatic N) is 2. The number of nitrogens with one attached hydrogen (secondary N) is 1. The lowest BCUT2D eigenvalue weighted by Crippen LogP contribution is -2.39. The molecule has 1 aliphatic rings. The Kier molecular flexibility index (Phi) is 16.3. The maximum Gasteiger partial charge on any atom is 0.393 e. The maximum atomic E-state index is 15.3. The number of rotatable bonds is 15. The number of hydrogen-bond acceptors (Lipinski definition) is 5. The van der Waals surface area contributed by atoms with E-state index in [1.54, 1.807) is 70.4 Å². The van der Waals surface area contributed by atoms with Crippen LogP contribution >= 0.6 is 0 Å². The highest BCUT2D eigenvalue weighted by Gasteiger charge is 2.32. The number of benzene rings is 2. The summed E-state index contributed by atoms with van der Waals surface area (Å²) in [4.78, 5) is 27.3. The predicted octanol–water partition coefficient (Wildman–Crippen LogP) is 9.73. The number of nitrogen functional groups attached to an aromatic ring is 1. The summed E-state index contributed by atoms with van der Waals surface area (Å²) in [6.07, 6.45) is 8.68. The summed E-state index contributed by atoms with van der Waals surface area (Å²) < 4.78 is 65.1. The molecule has 0 aromatic heterocycles. The molecule has 53 heavy (non-hydrogen) atoms. The SMILES string of the molecule is C/C=C(\C=C/C(=C/CC)OC1CCCN(C/C=C/C(=O)N(C)C)C1)C(=C(/CC(F)(F)F)c1ccc(NC(C)=O)cc1)/c1ccc(N)c(/C(F)=C/CC)c1. The van der Waals surface area contributed by atoms with Crippen LogP contribution in [0.3, 0.4) is 0 Å². The summed E-state index contributed by atoms with van der Waals surface area (Å²) in [5, 5.41) is 2.65. The molecule has 2 aromatic rings. The van der Waals surface area contributed by atoms with Crippen molar-refractivity contribution in [3.05, 3.63) is 113 Å². The molecule has 1 heterocycles. The van der Waals surface area contributed by atoms with Crippen LogP contribution in [-0.2, 0) is 14.3 Å². The van der Waals surface area contributed by atoms with Crippen molar-refractivity contribution in [3.63, 3.8) is 0 Å². The third-order valence-corrected chi connectivity index (χ3v) is 8.48. The standard InChI is InChI=1S/C42H52F4N4O3/c1-7-12-34(53-35-14-10-24-50(28-35)25-11-15-40(52)49(5)6)22-18-30(9-3)41(32-19-23-39(47)36(26-32)38(43)13-8-2)37(27-42(44,45)46)31-16-20-33(21-17-31)48-29(4)51/h9,11-13,15-23,26,35H,7-8,10,14,24-25,27-28,47H2,1-6H3,(H,48,51)/b15-11+,22-18-,30-9+,34-12-,38-13-,41-37+. The highest BCUT2D eigenvalue weighted by atomic mass is 19.4. The van der Waals surface area contributed by atoms with Crippen LogP contribution in [0.15, 0.2) is 96.3 Å². The number of likely N-dealkylation sites (N-methyl/N-ethyl adjacent to an activating group) is 1. The number of amides is 2. The van der Waals surface area contributed by atoms with Crippen molar-refractivity contribution < 1.29 is 31.9 Å². The van der Waals surface area contributed by atoms with Gasteiger partial charge in [-0.3, -0.25) is 14.5 Å². The van der Waals surface area contributed by atoms with Crippen molar-refractivity contribution in [1.82, 2.24) is 9.80 Å². The lowest BCUT2D eigenvalue weighted by molar-refractivity contribution is -0.124. The number of halogens is 4. The Morgan fingerprint density at radius 1 is 1.02 bits per heavy atom. The minimum atomic E-state index is -4.60. The van der Waals surface area contributed by atoms with Crippen molar-refractivity contribution in [1.29, 1.82) is 0 Å². The van der Waals surface area contributed by atoms with Crippen LogP contribution in [-0.4, -0.2) is 67.6 Å². The van der Waals surface area contributed by atoms with E-state index in [1.807, 2.05) is 19.1 Å². The van der Waals surface area contributed by atoms with Gasteiger partial charge in [-0.25, -0.2) is 4.39 Å². The number of piperidine rings is 1. The summed E-state index contributed by atoms with van der Waals surface area (Å²) in [6.45, 7) is 8.94. The third kappa shape index (κ3) is 13.5. The molecule has 0 radical (unpaired) electrons. The fourth-order valence-corrected chi connectivity index (χ4v) is 5.99. The first-order valence-corrected chi connectivity index (χ1v) is 17.9. The number of allylic oxidation sites excluding steroid dienone is 8. The Morgan fingerprint density at radius 3 is 2.30 bits per heavy atom. The Hall–Kier alpha value is -4.90. The fraction of sp³-hybridized carbons (Fsp3) is 0.381. The molecule has 3 rings (SSSR count). The molecule has 7 nitrogen and oxygen atoms in total. The molecule has 1 fully saturated rings. The van der Waals surface area contributed by atoms with Crippen molar-refractivity contribution in [2.45, 2.75) is 72.1 Å². The second kappa shape index (κ2) is 20.4. The van der Waals surface area contributed by atoms with Crippen molar-refractivity contribution in [2.75, 3.05) is 44.8 Å². The van der Waals surface area contributed by atoms with Gasteiger partial charge in [0.2, 0.25) is 11.8 Å². The van der Waals surface area contributed by atoms with Gasteiger partial charge in [-0.2, -0.15) is 13.2 Å². The molecule has 0 saturated carbocycles. The van der Waals surface area contributed by atoms with Crippen LogP contribution in [0.5, 0.6) is 0 Å². The fourth-order valence-electron chi connectivity index (χ4n) is 5.99. The molecule has 11 heteroatoms. The molecule has 1 unspecified atom stereocenters. The summed E-state index contributed by atoms with van der Waals surface area (Å²) in [6, 6.07) is 10.8. The van der Waals surface area contributed by atoms with Crippen LogP contribution in [0.2, 0.25) is 0 Å². The first kappa shape index (κ1) is 42.5. The molecule has 2 amide bonds. The highest BCUT2D eigenvalue weighted by molar-refractivity contribution is 6.01. The van der Waals surface area contributed by atoms with Gasteiger partial charge in [0.1, 0.15) is 17.7 Å². The molecular weight excluding hydrogens is 684 g/mol. The number of nitrogens with two attached hydrogens (primary N) is 1. The Balaban J connectivity index is 2.12. The van der Waals surface area contributed by atoms with E-state index in [0.29, 0.717) is 48.5 Å². The van der Waals surface area contributed by atoms with Crippen LogP contribution in [0.4, 0.5) is 28.9 Å². The Labute approximate surface area is 311 Å². The van der Waals surface area contributed by atoms with Crippen LogP contribution < -0.4 is 11.1 Å². The zero-order chi connectivity index (χ0) is 39.1. The van der Waals surface area contributed by atoms with Gasteiger partial charge in [0.15, 0.2) is 0 Å². The molecule has 0 spiro atoms. The monoisotopic (exact) mass is 736 g/mol. The average molecular weight is 737 g/mol. The normalized spacial score (nSPS) is 16.9. The van der Waals surface area contributed by atoms with Gasteiger partial charge in [0.25, 0.3) is 0 Å². The zero-order valence-corrected chi connectivity index (χ0v) is 31.5. The quantitative estimate of drug-likeness (QED) is 0.0475. The third-order valence-electron chi connectivity index (χ3n) is 8.48. The number of likely N-dealkylation sites (tertiary alicyclic amines) is 1. The van der Waals surface area contributed by atoms with Crippen LogP contribution in [0.1, 0.15) is 76.5 Å². The molecule has 3 N–H and O–H groups in total. The first-order chi connectivity index (χ1) is 25.1. The van der Waals surface area contributed by atoms with E-state index in [-0.39, 0.29) is 45.9 Å². The van der Waals surface area contributed by atoms with Crippen molar-refractivity contribution >= 4 is 40.2 Å². The van der Waals surface area contributed by atoms with E-state index in [4.69, 9.17) is 10.5 Å². The van der Waals surface area contributed by atoms with Crippen molar-refractivity contribution in [2.24, 2.45) is 0 Å². The minimum absolute atomic E-state index is 0.0362. The number of ether oxygens (including phenoxy) is 1. The molecule has 0 aliphatic carbocycles. The van der Waals surface area contributed by atoms with Crippen molar-refractivity contribution in [3.8, 4) is 0 Å². The lowest BCUT2D eigenvalue weighted by Gasteiger charge is -2.32. The Bertz CT molecular complexity index is 1750. The highest BCUT2D eigenvalue weighted by Crippen LogP contribution is 2.41. The maximum absolute atomic E-state index is 15.3. The molecule has 2 aromatic carbocycles. The summed E-state index contributed by atoms with van der Waals surface area (Å²) in [5.74, 6) is -0.388. The van der Waals surface area contributed by atoms with E-state index < -0.39 is 18.4 Å². The topological polar surface area (TPSA) is 87.9 Å². The second-order valence-electron chi connectivity index (χ2n) is 13.0. The largest absolute Gasteiger partial charge is 0.489 e. The van der Waals surface area contributed by atoms with Gasteiger partial charge < -0.3 is 20.7 Å². The van der Waals surface area contributed by atoms with E-state index >= 15 is 4.39 Å². The van der Waals surface area contributed by atoms with E-state index in [0.717, 1.165) is 19.4 Å². The number of carbonyl (C=O) groups is 2. The van der Waals surface area contributed by atoms with Gasteiger partial charge >= 0.3 is 6.18 Å². The average Bonchev–Trinajstić information content (AvgIpc) is 3.09. The lowest BCUT2D eigenvalue weighted by atomic mass is 9.86. The Morgan fingerprint density at radius 2 is 1.70 bits per heavy atom. The summed E-state index contributed by atoms with van der Waals surface area (Å²) in [7, 11) is 3.40. The smallest absolute Gasteiger partial charge is 0.393 e. The van der Waals surface area contributed by atoms with Gasteiger partial charge in [0, 0.05) is 57.1 Å². The van der Waals surface area contributed by atoms with Gasteiger partial charge in [-0.15, -0.1) is 0 Å². The molecule has 0 bridgehead atoms. The van der Waals surface area contributed by atoms with E-state index in [2.05, 4.69) is 10.2 Å². The number of anilines is 2. The van der Waals surface area contributed by atoms with Crippen LogP contribution in [0, 0.1) is 0 Å². The summed E-state index contributed by atoms with van der Waals surface area (Å²) in [5.41, 5.74) is 8.16. The van der Waals surface area contributed by atoms with Gasteiger partial charge in [0.05, 0.1) is 6.42 Å². The van der Waals surface area contributed by atoms with Crippen LogP contribution in [0.25, 0.3) is 17.0 Å². The first-order valence-electron chi connectivity index (χ1n) is 17.9. The number of alkyl halides is 3. The van der Waals surface area contributed by atoms with E-state index in [9.17, 15) is 22.8 Å². The second-order valence-corrected chi connectivity index (χ2v) is 13.0. The molecule has 1 atom stereocenters. The summed E-state index contributed by atoms with van der Waals surface area (Å²) >= 11 is 0. The number of hydrogen-bond donors (Lipinski definition) is 2. The van der Waals surface area contributed by atoms with E-state index in [1.165, 1.54) is 42.2 Å². The molecule has 286 valence electrons. The number of carbonyl (C=O) groups excluding carboxylic acids is 2. The molecule has 1 saturated heterocycles.